The standard InChI is InChI=1S/C15H12BrN5OS/c16-13-4-2-1-3-11(13)9-23-15-18-19-20-21(15)12-7-5-10(6-8-12)14(17)22/h1-8H,9H2,(H2,17,22). The van der Waals surface area contributed by atoms with Gasteiger partial charge in [0.05, 0.1) is 5.69 Å². The number of hydrogen-bond donors (Lipinski definition) is 1. The Labute approximate surface area is 145 Å². The summed E-state index contributed by atoms with van der Waals surface area (Å²) in [6, 6.07) is 14.9. The lowest BCUT2D eigenvalue weighted by molar-refractivity contribution is 0.100. The number of amides is 1. The van der Waals surface area contributed by atoms with Crippen molar-refractivity contribution < 1.29 is 4.79 Å². The third-order valence-electron chi connectivity index (χ3n) is 3.15. The molecule has 0 unspecified atom stereocenters. The second kappa shape index (κ2) is 6.93. The van der Waals surface area contributed by atoms with Crippen molar-refractivity contribution in [3.63, 3.8) is 0 Å². The number of hydrogen-bond acceptors (Lipinski definition) is 5. The Bertz CT molecular complexity index is 834. The molecule has 0 saturated carbocycles. The molecule has 0 saturated heterocycles. The molecule has 8 heteroatoms. The molecule has 0 aliphatic heterocycles. The Morgan fingerprint density at radius 3 is 2.61 bits per heavy atom. The van der Waals surface area contributed by atoms with Crippen molar-refractivity contribution >= 4 is 33.6 Å². The molecule has 0 atom stereocenters. The maximum absolute atomic E-state index is 11.1. The molecule has 0 aliphatic carbocycles. The first-order valence-electron chi connectivity index (χ1n) is 6.70. The zero-order valence-electron chi connectivity index (χ0n) is 11.9. The van der Waals surface area contributed by atoms with Crippen molar-refractivity contribution in [2.45, 2.75) is 10.9 Å². The Hall–Kier alpha value is -2.19. The van der Waals surface area contributed by atoms with Crippen LogP contribution in [-0.2, 0) is 5.75 Å². The SMILES string of the molecule is NC(=O)c1ccc(-n2nnnc2SCc2ccccc2Br)cc1. The van der Waals surface area contributed by atoms with Gasteiger partial charge in [-0.3, -0.25) is 4.79 Å². The van der Waals surface area contributed by atoms with Crippen molar-refractivity contribution in [1.82, 2.24) is 20.2 Å². The highest BCUT2D eigenvalue weighted by molar-refractivity contribution is 9.10. The van der Waals surface area contributed by atoms with Crippen LogP contribution in [0.2, 0.25) is 0 Å². The topological polar surface area (TPSA) is 86.7 Å². The molecule has 1 heterocycles. The summed E-state index contributed by atoms with van der Waals surface area (Å²) < 4.78 is 2.68. The molecule has 6 nitrogen and oxygen atoms in total. The minimum atomic E-state index is -0.461. The number of primary amides is 1. The number of aromatic nitrogens is 4. The summed E-state index contributed by atoms with van der Waals surface area (Å²) in [5.74, 6) is 0.276. The van der Waals surface area contributed by atoms with Gasteiger partial charge in [-0.25, -0.2) is 0 Å². The summed E-state index contributed by atoms with van der Waals surface area (Å²) in [6.07, 6.45) is 0. The summed E-state index contributed by atoms with van der Waals surface area (Å²) in [6.45, 7) is 0. The van der Waals surface area contributed by atoms with E-state index in [9.17, 15) is 4.79 Å². The van der Waals surface area contributed by atoms with E-state index >= 15 is 0 Å². The van der Waals surface area contributed by atoms with Gasteiger partial charge in [0.15, 0.2) is 0 Å². The molecule has 2 aromatic carbocycles. The highest BCUT2D eigenvalue weighted by atomic mass is 79.9. The summed E-state index contributed by atoms with van der Waals surface area (Å²) in [5, 5.41) is 12.5. The number of tetrazole rings is 1. The van der Waals surface area contributed by atoms with Crippen LogP contribution >= 0.6 is 27.7 Å². The largest absolute Gasteiger partial charge is 0.366 e. The van der Waals surface area contributed by atoms with E-state index in [2.05, 4.69) is 31.5 Å². The van der Waals surface area contributed by atoms with Gasteiger partial charge in [-0.05, 0) is 46.3 Å². The lowest BCUT2D eigenvalue weighted by atomic mass is 10.2. The summed E-state index contributed by atoms with van der Waals surface area (Å²) in [5.41, 5.74) is 7.63. The van der Waals surface area contributed by atoms with E-state index in [-0.39, 0.29) is 0 Å². The molecular formula is C15H12BrN5OS. The van der Waals surface area contributed by atoms with Gasteiger partial charge in [-0.15, -0.1) is 5.10 Å². The molecule has 0 aliphatic rings. The van der Waals surface area contributed by atoms with Crippen molar-refractivity contribution in [2.75, 3.05) is 0 Å². The minimum absolute atomic E-state index is 0.448. The van der Waals surface area contributed by atoms with Gasteiger partial charge in [-0.1, -0.05) is 45.9 Å². The fourth-order valence-corrected chi connectivity index (χ4v) is 3.46. The van der Waals surface area contributed by atoms with Crippen LogP contribution in [0.15, 0.2) is 58.2 Å². The van der Waals surface area contributed by atoms with Gasteiger partial charge >= 0.3 is 0 Å². The number of thioether (sulfide) groups is 1. The highest BCUT2D eigenvalue weighted by Crippen LogP contribution is 2.26. The molecule has 0 spiro atoms. The Balaban J connectivity index is 1.79. The molecular weight excluding hydrogens is 378 g/mol. The maximum atomic E-state index is 11.1. The highest BCUT2D eigenvalue weighted by Gasteiger charge is 2.11. The Kier molecular flexibility index (Phi) is 4.73. The zero-order chi connectivity index (χ0) is 16.2. The third-order valence-corrected chi connectivity index (χ3v) is 4.89. The molecule has 0 radical (unpaired) electrons. The van der Waals surface area contributed by atoms with E-state index in [0.29, 0.717) is 10.7 Å². The van der Waals surface area contributed by atoms with Crippen LogP contribution in [0.3, 0.4) is 0 Å². The second-order valence-corrected chi connectivity index (χ2v) is 6.46. The van der Waals surface area contributed by atoms with Crippen LogP contribution in [0.1, 0.15) is 15.9 Å². The lowest BCUT2D eigenvalue weighted by Crippen LogP contribution is -2.10. The number of nitrogens with zero attached hydrogens (tertiary/aromatic N) is 4. The fourth-order valence-electron chi connectivity index (χ4n) is 1.96. The Morgan fingerprint density at radius 2 is 1.91 bits per heavy atom. The summed E-state index contributed by atoms with van der Waals surface area (Å²) in [7, 11) is 0. The van der Waals surface area contributed by atoms with E-state index in [4.69, 9.17) is 5.73 Å². The number of halogens is 1. The predicted molar refractivity (Wildman–Crippen MR) is 91.4 cm³/mol. The fraction of sp³-hybridized carbons (Fsp3) is 0.0667. The molecule has 2 N–H and O–H groups in total. The van der Waals surface area contributed by atoms with Gasteiger partial charge in [0.2, 0.25) is 11.1 Å². The van der Waals surface area contributed by atoms with E-state index in [1.54, 1.807) is 28.9 Å². The molecule has 3 aromatic rings. The quantitative estimate of drug-likeness (QED) is 0.677. The van der Waals surface area contributed by atoms with Gasteiger partial charge < -0.3 is 5.73 Å². The summed E-state index contributed by atoms with van der Waals surface area (Å²) >= 11 is 5.06. The first-order chi connectivity index (χ1) is 11.1. The van der Waals surface area contributed by atoms with Crippen molar-refractivity contribution in [3.8, 4) is 5.69 Å². The van der Waals surface area contributed by atoms with Crippen LogP contribution in [0.5, 0.6) is 0 Å². The zero-order valence-corrected chi connectivity index (χ0v) is 14.3. The predicted octanol–water partition coefficient (Wildman–Crippen LogP) is 2.82. The normalized spacial score (nSPS) is 10.7. The van der Waals surface area contributed by atoms with Crippen molar-refractivity contribution in [1.29, 1.82) is 0 Å². The van der Waals surface area contributed by atoms with E-state index in [1.165, 1.54) is 11.8 Å². The Morgan fingerprint density at radius 1 is 1.17 bits per heavy atom. The molecule has 3 rings (SSSR count). The van der Waals surface area contributed by atoms with Gasteiger partial charge in [0.1, 0.15) is 0 Å². The number of carbonyl (C=O) groups excluding carboxylic acids is 1. The number of carbonyl (C=O) groups is 1. The van der Waals surface area contributed by atoms with E-state index < -0.39 is 5.91 Å². The second-order valence-electron chi connectivity index (χ2n) is 4.66. The monoisotopic (exact) mass is 389 g/mol. The summed E-state index contributed by atoms with van der Waals surface area (Å²) in [4.78, 5) is 11.1. The average Bonchev–Trinajstić information content (AvgIpc) is 3.02. The van der Waals surface area contributed by atoms with Crippen LogP contribution in [0.4, 0.5) is 0 Å². The molecule has 23 heavy (non-hydrogen) atoms. The van der Waals surface area contributed by atoms with Gasteiger partial charge in [-0.2, -0.15) is 4.68 Å². The lowest BCUT2D eigenvalue weighted by Gasteiger charge is -2.06. The van der Waals surface area contributed by atoms with E-state index in [0.717, 1.165) is 21.5 Å². The molecule has 1 amide bonds. The number of nitrogens with two attached hydrogens (primary N) is 1. The number of benzene rings is 2. The molecule has 1 aromatic heterocycles. The average molecular weight is 390 g/mol. The molecule has 0 fully saturated rings. The minimum Gasteiger partial charge on any atom is -0.366 e. The van der Waals surface area contributed by atoms with Gasteiger partial charge in [0, 0.05) is 15.8 Å². The number of rotatable bonds is 5. The first-order valence-corrected chi connectivity index (χ1v) is 8.48. The van der Waals surface area contributed by atoms with Crippen LogP contribution in [0.25, 0.3) is 5.69 Å². The van der Waals surface area contributed by atoms with Gasteiger partial charge in [0.25, 0.3) is 0 Å². The van der Waals surface area contributed by atoms with Crippen molar-refractivity contribution in [2.24, 2.45) is 5.73 Å². The molecule has 0 bridgehead atoms. The maximum Gasteiger partial charge on any atom is 0.248 e. The third kappa shape index (κ3) is 3.59. The van der Waals surface area contributed by atoms with Crippen molar-refractivity contribution in [3.05, 3.63) is 64.1 Å². The van der Waals surface area contributed by atoms with E-state index in [1.807, 2.05) is 24.3 Å². The van der Waals surface area contributed by atoms with Crippen LogP contribution in [-0.4, -0.2) is 26.1 Å². The van der Waals surface area contributed by atoms with Crippen LogP contribution < -0.4 is 5.73 Å². The molecule has 116 valence electrons. The smallest absolute Gasteiger partial charge is 0.248 e. The van der Waals surface area contributed by atoms with Crippen LogP contribution in [0, 0.1) is 0 Å². The first kappa shape index (κ1) is 15.7.